The van der Waals surface area contributed by atoms with Crippen LogP contribution in [0, 0.1) is 13.8 Å². The van der Waals surface area contributed by atoms with E-state index in [1.54, 1.807) is 18.4 Å². The van der Waals surface area contributed by atoms with Crippen molar-refractivity contribution in [2.75, 3.05) is 6.54 Å². The van der Waals surface area contributed by atoms with E-state index in [4.69, 9.17) is 16.0 Å². The molecule has 3 rings (SSSR count). The summed E-state index contributed by atoms with van der Waals surface area (Å²) in [7, 11) is 0. The van der Waals surface area contributed by atoms with Gasteiger partial charge in [-0.3, -0.25) is 9.48 Å². The molecule has 0 aliphatic rings. The van der Waals surface area contributed by atoms with E-state index in [0.29, 0.717) is 15.8 Å². The highest BCUT2D eigenvalue weighted by molar-refractivity contribution is 7.17. The first kappa shape index (κ1) is 15.8. The van der Waals surface area contributed by atoms with Crippen LogP contribution in [-0.4, -0.2) is 22.2 Å². The Morgan fingerprint density at radius 1 is 1.43 bits per heavy atom. The minimum atomic E-state index is -0.196. The number of halogens is 1. The fraction of sp³-hybridized carbons (Fsp3) is 0.250. The van der Waals surface area contributed by atoms with E-state index in [2.05, 4.69) is 10.4 Å². The Kier molecular flexibility index (Phi) is 4.54. The van der Waals surface area contributed by atoms with Gasteiger partial charge in [0, 0.05) is 12.2 Å². The smallest absolute Gasteiger partial charge is 0.261 e. The van der Waals surface area contributed by atoms with Crippen LogP contribution in [0.1, 0.15) is 32.9 Å². The molecule has 0 fully saturated rings. The molecule has 120 valence electrons. The van der Waals surface area contributed by atoms with Gasteiger partial charge in [0.15, 0.2) is 0 Å². The van der Waals surface area contributed by atoms with Crippen molar-refractivity contribution >= 4 is 28.8 Å². The number of aryl methyl sites for hydroxylation is 2. The molecule has 3 heterocycles. The van der Waals surface area contributed by atoms with Gasteiger partial charge in [-0.05, 0) is 44.2 Å². The number of carbonyl (C=O) groups excluding carboxylic acids is 1. The van der Waals surface area contributed by atoms with Gasteiger partial charge in [-0.2, -0.15) is 5.10 Å². The molecule has 1 amide bonds. The average molecular weight is 350 g/mol. The van der Waals surface area contributed by atoms with Crippen molar-refractivity contribution in [2.45, 2.75) is 19.9 Å². The van der Waals surface area contributed by atoms with Gasteiger partial charge in [0.05, 0.1) is 21.2 Å². The zero-order valence-electron chi connectivity index (χ0n) is 12.7. The second-order valence-electron chi connectivity index (χ2n) is 5.22. The van der Waals surface area contributed by atoms with Crippen LogP contribution in [0.15, 0.2) is 41.0 Å². The molecule has 7 heteroatoms. The summed E-state index contributed by atoms with van der Waals surface area (Å²) in [4.78, 5) is 12.8. The van der Waals surface area contributed by atoms with Crippen molar-refractivity contribution in [1.29, 1.82) is 0 Å². The normalized spacial score (nSPS) is 12.3. The summed E-state index contributed by atoms with van der Waals surface area (Å²) in [5.74, 6) is 0.598. The van der Waals surface area contributed by atoms with E-state index >= 15 is 0 Å². The van der Waals surface area contributed by atoms with E-state index in [9.17, 15) is 4.79 Å². The molecule has 0 aliphatic carbocycles. The van der Waals surface area contributed by atoms with Crippen LogP contribution < -0.4 is 5.32 Å². The predicted molar refractivity (Wildman–Crippen MR) is 90.2 cm³/mol. The lowest BCUT2D eigenvalue weighted by Crippen LogP contribution is -2.31. The van der Waals surface area contributed by atoms with Crippen LogP contribution in [0.4, 0.5) is 0 Å². The van der Waals surface area contributed by atoms with Crippen molar-refractivity contribution in [3.63, 3.8) is 0 Å². The molecule has 23 heavy (non-hydrogen) atoms. The predicted octanol–water partition coefficient (Wildman–Crippen LogP) is 3.83. The van der Waals surface area contributed by atoms with Crippen LogP contribution in [-0.2, 0) is 0 Å². The fourth-order valence-electron chi connectivity index (χ4n) is 2.46. The number of hydrogen-bond donors (Lipinski definition) is 1. The Hall–Kier alpha value is -2.05. The number of rotatable bonds is 5. The van der Waals surface area contributed by atoms with Gasteiger partial charge in [-0.25, -0.2) is 0 Å². The van der Waals surface area contributed by atoms with Crippen molar-refractivity contribution in [1.82, 2.24) is 15.1 Å². The van der Waals surface area contributed by atoms with Gasteiger partial charge >= 0.3 is 0 Å². The molecule has 0 saturated heterocycles. The molecular weight excluding hydrogens is 334 g/mol. The largest absolute Gasteiger partial charge is 0.467 e. The van der Waals surface area contributed by atoms with E-state index < -0.39 is 0 Å². The van der Waals surface area contributed by atoms with Crippen LogP contribution in [0.3, 0.4) is 0 Å². The summed E-state index contributed by atoms with van der Waals surface area (Å²) in [6.45, 7) is 4.30. The first-order chi connectivity index (χ1) is 11.0. The minimum absolute atomic E-state index is 0.153. The van der Waals surface area contributed by atoms with E-state index in [-0.39, 0.29) is 11.9 Å². The van der Waals surface area contributed by atoms with Crippen LogP contribution in [0.25, 0.3) is 0 Å². The average Bonchev–Trinajstić information content (AvgIpc) is 3.22. The Morgan fingerprint density at radius 3 is 2.83 bits per heavy atom. The van der Waals surface area contributed by atoms with Crippen molar-refractivity contribution in [3.05, 3.63) is 63.0 Å². The molecule has 0 radical (unpaired) electrons. The summed E-state index contributed by atoms with van der Waals surface area (Å²) in [6, 6.07) is 8.94. The van der Waals surface area contributed by atoms with Gasteiger partial charge in [-0.1, -0.05) is 11.6 Å². The van der Waals surface area contributed by atoms with Gasteiger partial charge in [-0.15, -0.1) is 11.3 Å². The van der Waals surface area contributed by atoms with Crippen molar-refractivity contribution in [3.8, 4) is 0 Å². The van der Waals surface area contributed by atoms with Crippen molar-refractivity contribution in [2.24, 2.45) is 0 Å². The summed E-state index contributed by atoms with van der Waals surface area (Å²) >= 11 is 7.13. The molecule has 0 unspecified atom stereocenters. The minimum Gasteiger partial charge on any atom is -0.467 e. The zero-order chi connectivity index (χ0) is 16.4. The molecule has 0 aliphatic heterocycles. The molecular formula is C16H16ClN3O2S. The number of hydrogen-bond acceptors (Lipinski definition) is 4. The molecule has 5 nitrogen and oxygen atoms in total. The summed E-state index contributed by atoms with van der Waals surface area (Å²) < 4.78 is 7.99. The van der Waals surface area contributed by atoms with Gasteiger partial charge in [0.1, 0.15) is 11.8 Å². The van der Waals surface area contributed by atoms with Crippen LogP contribution in [0.2, 0.25) is 4.34 Å². The number of furan rings is 1. The zero-order valence-corrected chi connectivity index (χ0v) is 14.3. The van der Waals surface area contributed by atoms with E-state index in [1.807, 2.05) is 36.7 Å². The standard InChI is InChI=1S/C16H16ClN3O2S/c1-10-8-11(2)20(19-10)12(13-4-3-7-22-13)9-18-16(21)14-5-6-15(17)23-14/h3-8,12H,9H2,1-2H3,(H,18,21)/t12-/m1/s1. The lowest BCUT2D eigenvalue weighted by atomic mass is 10.2. The summed E-state index contributed by atoms with van der Waals surface area (Å²) in [6.07, 6.45) is 1.62. The monoisotopic (exact) mass is 349 g/mol. The molecule has 0 aromatic carbocycles. The molecule has 0 spiro atoms. The number of nitrogens with zero attached hydrogens (tertiary/aromatic N) is 2. The Bertz CT molecular complexity index is 807. The maximum absolute atomic E-state index is 12.2. The second kappa shape index (κ2) is 6.60. The first-order valence-corrected chi connectivity index (χ1v) is 8.33. The van der Waals surface area contributed by atoms with E-state index in [1.165, 1.54) is 11.3 Å². The third kappa shape index (κ3) is 3.48. The molecule has 0 saturated carbocycles. The SMILES string of the molecule is Cc1cc(C)n([C@H](CNC(=O)c2ccc(Cl)s2)c2ccco2)n1. The van der Waals surface area contributed by atoms with Gasteiger partial charge in [0.25, 0.3) is 5.91 Å². The van der Waals surface area contributed by atoms with Crippen molar-refractivity contribution < 1.29 is 9.21 Å². The quantitative estimate of drug-likeness (QED) is 0.761. The molecule has 1 atom stereocenters. The lowest BCUT2D eigenvalue weighted by Gasteiger charge is -2.17. The first-order valence-electron chi connectivity index (χ1n) is 7.14. The van der Waals surface area contributed by atoms with E-state index in [0.717, 1.165) is 17.1 Å². The molecule has 3 aromatic rings. The topological polar surface area (TPSA) is 60.1 Å². The maximum Gasteiger partial charge on any atom is 0.261 e. The maximum atomic E-state index is 12.2. The molecule has 0 bridgehead atoms. The Labute approximate surface area is 142 Å². The summed E-state index contributed by atoms with van der Waals surface area (Å²) in [5.41, 5.74) is 1.94. The number of aromatic nitrogens is 2. The number of thiophene rings is 1. The highest BCUT2D eigenvalue weighted by Gasteiger charge is 2.21. The van der Waals surface area contributed by atoms with Crippen LogP contribution >= 0.6 is 22.9 Å². The third-order valence-corrected chi connectivity index (χ3v) is 4.69. The molecule has 3 aromatic heterocycles. The highest BCUT2D eigenvalue weighted by Crippen LogP contribution is 2.23. The third-order valence-electron chi connectivity index (χ3n) is 3.46. The fourth-order valence-corrected chi connectivity index (χ4v) is 3.42. The lowest BCUT2D eigenvalue weighted by molar-refractivity contribution is 0.0952. The molecule has 1 N–H and O–H groups in total. The number of nitrogens with one attached hydrogen (secondary N) is 1. The highest BCUT2D eigenvalue weighted by atomic mass is 35.5. The summed E-state index contributed by atoms with van der Waals surface area (Å²) in [5, 5.41) is 7.44. The van der Waals surface area contributed by atoms with Gasteiger partial charge in [0.2, 0.25) is 0 Å². The Morgan fingerprint density at radius 2 is 2.26 bits per heavy atom. The second-order valence-corrected chi connectivity index (χ2v) is 6.93. The van der Waals surface area contributed by atoms with Gasteiger partial charge < -0.3 is 9.73 Å². The van der Waals surface area contributed by atoms with Crippen LogP contribution in [0.5, 0.6) is 0 Å². The number of amides is 1. The number of carbonyl (C=O) groups is 1. The Balaban J connectivity index is 1.80.